The molecule has 0 spiro atoms. The van der Waals surface area contributed by atoms with Gasteiger partial charge in [-0.2, -0.15) is 26.3 Å². The second-order valence-corrected chi connectivity index (χ2v) is 10.5. The average Bonchev–Trinajstić information content (AvgIpc) is 3.07. The van der Waals surface area contributed by atoms with Crippen LogP contribution in [-0.2, 0) is 21.4 Å². The number of ether oxygens (including phenoxy) is 1. The first-order valence-electron chi connectivity index (χ1n) is 9.92. The van der Waals surface area contributed by atoms with E-state index in [0.717, 1.165) is 31.4 Å². The smallest absolute Gasteiger partial charge is 0.436 e. The van der Waals surface area contributed by atoms with Crippen molar-refractivity contribution in [2.24, 2.45) is 5.92 Å². The van der Waals surface area contributed by atoms with Gasteiger partial charge in [0, 0.05) is 19.3 Å². The van der Waals surface area contributed by atoms with Gasteiger partial charge in [-0.15, -0.1) is 0 Å². The summed E-state index contributed by atoms with van der Waals surface area (Å²) in [5.74, 6) is -1.71. The molecule has 0 N–H and O–H groups in total. The van der Waals surface area contributed by atoms with Crippen LogP contribution in [0.2, 0.25) is 0 Å². The van der Waals surface area contributed by atoms with Crippen LogP contribution in [-0.4, -0.2) is 55.8 Å². The first-order valence-corrected chi connectivity index (χ1v) is 11.8. The van der Waals surface area contributed by atoms with Gasteiger partial charge in [0.1, 0.15) is 12.0 Å². The van der Waals surface area contributed by atoms with E-state index in [1.54, 1.807) is 0 Å². The second kappa shape index (κ2) is 7.62. The Morgan fingerprint density at radius 3 is 2.50 bits per heavy atom. The maximum atomic E-state index is 13.2. The lowest BCUT2D eigenvalue weighted by molar-refractivity contribution is -0.189. The Morgan fingerprint density at radius 1 is 1.26 bits per heavy atom. The Bertz CT molecular complexity index is 1240. The molecule has 2 aromatic rings. The number of benzene rings is 1. The Morgan fingerprint density at radius 2 is 1.94 bits per heavy atom. The molecular weight excluding hydrogens is 494 g/mol. The van der Waals surface area contributed by atoms with Gasteiger partial charge in [0.15, 0.2) is 21.6 Å². The summed E-state index contributed by atoms with van der Waals surface area (Å²) < 4.78 is 112. The van der Waals surface area contributed by atoms with Crippen molar-refractivity contribution in [3.8, 4) is 5.75 Å². The number of carbonyl (C=O) groups is 1. The molecule has 1 amide bonds. The standard InChI is InChI=1S/C20H18F6N2O5S/c1-10(19(21,22)23)33-14-4-3-12(34(2,30)31)5-13(14)16(29)28-7-11-6-18(11,9-28)17-27-15(8-32-17)20(24,25)26/h3-5,8,10-11H,6-7,9H2,1-2H3/t10-,11?,18+/m1/s1. The van der Waals surface area contributed by atoms with Gasteiger partial charge in [0.25, 0.3) is 5.91 Å². The Kier molecular flexibility index (Phi) is 5.46. The zero-order valence-electron chi connectivity index (χ0n) is 17.7. The number of alkyl halides is 6. The lowest BCUT2D eigenvalue weighted by Gasteiger charge is -2.24. The largest absolute Gasteiger partial charge is 0.480 e. The number of piperidine rings is 1. The van der Waals surface area contributed by atoms with Gasteiger partial charge >= 0.3 is 12.4 Å². The first-order chi connectivity index (χ1) is 15.5. The summed E-state index contributed by atoms with van der Waals surface area (Å²) in [7, 11) is -3.80. The molecule has 0 bridgehead atoms. The predicted molar refractivity (Wildman–Crippen MR) is 103 cm³/mol. The van der Waals surface area contributed by atoms with Gasteiger partial charge < -0.3 is 14.1 Å². The van der Waals surface area contributed by atoms with Crippen LogP contribution in [0.5, 0.6) is 5.75 Å². The van der Waals surface area contributed by atoms with E-state index < -0.39 is 56.6 Å². The number of nitrogens with zero attached hydrogens (tertiary/aromatic N) is 2. The number of rotatable bonds is 5. The number of aromatic nitrogens is 1. The Balaban J connectivity index is 1.63. The zero-order chi connectivity index (χ0) is 25.3. The summed E-state index contributed by atoms with van der Waals surface area (Å²) in [5, 5.41) is 0. The van der Waals surface area contributed by atoms with Crippen molar-refractivity contribution in [2.75, 3.05) is 19.3 Å². The van der Waals surface area contributed by atoms with Crippen molar-refractivity contribution in [1.82, 2.24) is 9.88 Å². The molecule has 1 aliphatic heterocycles. The topological polar surface area (TPSA) is 89.7 Å². The molecule has 14 heteroatoms. The predicted octanol–water partition coefficient (Wildman–Crippen LogP) is 3.84. The summed E-state index contributed by atoms with van der Waals surface area (Å²) in [4.78, 5) is 17.7. The molecule has 0 radical (unpaired) electrons. The SMILES string of the molecule is C[C@@H](Oc1ccc(S(C)(=O)=O)cc1C(=O)N1CC2C[C@]2(c2nc(C(F)(F)F)co2)C1)C(F)(F)F. The minimum absolute atomic E-state index is 0.0833. The van der Waals surface area contributed by atoms with Gasteiger partial charge in [0.05, 0.1) is 15.9 Å². The molecule has 2 fully saturated rings. The van der Waals surface area contributed by atoms with Crippen LogP contribution in [0, 0.1) is 5.92 Å². The number of carbonyl (C=O) groups excluding carboxylic acids is 1. The third kappa shape index (κ3) is 4.34. The molecule has 1 aromatic carbocycles. The molecule has 2 heterocycles. The first kappa shape index (κ1) is 24.4. The molecule has 1 aliphatic carbocycles. The van der Waals surface area contributed by atoms with Crippen LogP contribution in [0.1, 0.15) is 35.3 Å². The summed E-state index contributed by atoms with van der Waals surface area (Å²) in [6, 6.07) is 2.93. The van der Waals surface area contributed by atoms with Crippen LogP contribution < -0.4 is 4.74 Å². The van der Waals surface area contributed by atoms with Gasteiger partial charge in [-0.1, -0.05) is 0 Å². The quantitative estimate of drug-likeness (QED) is 0.566. The van der Waals surface area contributed by atoms with Crippen molar-refractivity contribution in [3.63, 3.8) is 0 Å². The molecule has 1 aromatic heterocycles. The Hall–Kier alpha value is -2.77. The number of amides is 1. The number of hydrogen-bond acceptors (Lipinski definition) is 6. The van der Waals surface area contributed by atoms with Gasteiger partial charge in [-0.25, -0.2) is 13.4 Å². The van der Waals surface area contributed by atoms with E-state index in [9.17, 15) is 39.6 Å². The number of oxazole rings is 1. The average molecular weight is 512 g/mol. The number of hydrogen-bond donors (Lipinski definition) is 0. The van der Waals surface area contributed by atoms with Crippen molar-refractivity contribution >= 4 is 15.7 Å². The molecule has 186 valence electrons. The fourth-order valence-electron chi connectivity index (χ4n) is 4.04. The van der Waals surface area contributed by atoms with Crippen LogP contribution >= 0.6 is 0 Å². The van der Waals surface area contributed by atoms with Gasteiger partial charge in [-0.05, 0) is 37.5 Å². The van der Waals surface area contributed by atoms with E-state index in [-0.39, 0.29) is 29.8 Å². The van der Waals surface area contributed by atoms with Crippen molar-refractivity contribution in [3.05, 3.63) is 41.6 Å². The molecule has 2 aliphatic rings. The minimum atomic E-state index is -4.74. The molecule has 1 saturated carbocycles. The van der Waals surface area contributed by atoms with Crippen molar-refractivity contribution in [2.45, 2.75) is 42.1 Å². The highest BCUT2D eigenvalue weighted by molar-refractivity contribution is 7.90. The third-order valence-corrected chi connectivity index (χ3v) is 7.14. The summed E-state index contributed by atoms with van der Waals surface area (Å²) in [6.45, 7) is 0.727. The summed E-state index contributed by atoms with van der Waals surface area (Å²) in [5.41, 5.74) is -2.54. The van der Waals surface area contributed by atoms with E-state index in [1.165, 1.54) is 4.90 Å². The molecule has 4 rings (SSSR count). The van der Waals surface area contributed by atoms with Crippen LogP contribution in [0.4, 0.5) is 26.3 Å². The molecule has 1 saturated heterocycles. The lowest BCUT2D eigenvalue weighted by Crippen LogP contribution is -2.35. The van der Waals surface area contributed by atoms with E-state index in [2.05, 4.69) is 4.98 Å². The number of sulfone groups is 1. The van der Waals surface area contributed by atoms with Crippen LogP contribution in [0.25, 0.3) is 0 Å². The van der Waals surface area contributed by atoms with Crippen molar-refractivity contribution in [1.29, 1.82) is 0 Å². The lowest BCUT2D eigenvalue weighted by atomic mass is 10.1. The minimum Gasteiger partial charge on any atom is -0.480 e. The third-order valence-electron chi connectivity index (χ3n) is 6.03. The zero-order valence-corrected chi connectivity index (χ0v) is 18.5. The van der Waals surface area contributed by atoms with E-state index in [0.29, 0.717) is 12.7 Å². The monoisotopic (exact) mass is 512 g/mol. The molecule has 34 heavy (non-hydrogen) atoms. The van der Waals surface area contributed by atoms with E-state index in [1.807, 2.05) is 0 Å². The molecule has 3 atom stereocenters. The normalized spacial score (nSPS) is 23.5. The fraction of sp³-hybridized carbons (Fsp3) is 0.500. The maximum Gasteiger partial charge on any atom is 0.436 e. The van der Waals surface area contributed by atoms with E-state index in [4.69, 9.17) is 9.15 Å². The maximum absolute atomic E-state index is 13.2. The molecule has 7 nitrogen and oxygen atoms in total. The van der Waals surface area contributed by atoms with Crippen molar-refractivity contribution < 1.29 is 48.7 Å². The van der Waals surface area contributed by atoms with Crippen LogP contribution in [0.3, 0.4) is 0 Å². The summed E-state index contributed by atoms with van der Waals surface area (Å²) in [6.07, 6.45) is -9.94. The molecule has 1 unspecified atom stereocenters. The number of likely N-dealkylation sites (tertiary alicyclic amines) is 1. The fourth-order valence-corrected chi connectivity index (χ4v) is 4.69. The highest BCUT2D eigenvalue weighted by Crippen LogP contribution is 2.59. The number of halogens is 6. The highest BCUT2D eigenvalue weighted by atomic mass is 32.2. The van der Waals surface area contributed by atoms with Gasteiger partial charge in [-0.3, -0.25) is 4.79 Å². The highest BCUT2D eigenvalue weighted by Gasteiger charge is 2.65. The van der Waals surface area contributed by atoms with Crippen LogP contribution in [0.15, 0.2) is 33.8 Å². The second-order valence-electron chi connectivity index (χ2n) is 8.51. The van der Waals surface area contributed by atoms with E-state index >= 15 is 0 Å². The number of fused-ring (bicyclic) bond motifs is 1. The Labute approximate surface area is 189 Å². The molecular formula is C20H18F6N2O5S. The summed E-state index contributed by atoms with van der Waals surface area (Å²) >= 11 is 0. The van der Waals surface area contributed by atoms with Gasteiger partial charge in [0.2, 0.25) is 5.89 Å².